The van der Waals surface area contributed by atoms with E-state index in [1.807, 2.05) is 13.8 Å². The predicted octanol–water partition coefficient (Wildman–Crippen LogP) is 7.95. The molecule has 0 bridgehead atoms. The number of carbonyl (C=O) groups is 2. The van der Waals surface area contributed by atoms with Crippen LogP contribution in [0.15, 0.2) is 0 Å². The highest BCUT2D eigenvalue weighted by molar-refractivity contribution is 5.69. The van der Waals surface area contributed by atoms with Crippen LogP contribution in [0.1, 0.15) is 136 Å². The SMILES string of the molecule is CCCCCCCCCCCCCCCCCCOC(=O)CCCNC(=O)OCC(C)C. The van der Waals surface area contributed by atoms with Gasteiger partial charge in [0.2, 0.25) is 0 Å². The highest BCUT2D eigenvalue weighted by Crippen LogP contribution is 2.13. The van der Waals surface area contributed by atoms with E-state index in [9.17, 15) is 9.59 Å². The lowest BCUT2D eigenvalue weighted by Crippen LogP contribution is -2.27. The molecule has 0 spiro atoms. The Morgan fingerprint density at radius 3 is 1.59 bits per heavy atom. The molecule has 0 saturated heterocycles. The summed E-state index contributed by atoms with van der Waals surface area (Å²) in [7, 11) is 0. The van der Waals surface area contributed by atoms with Gasteiger partial charge < -0.3 is 14.8 Å². The molecule has 190 valence electrons. The molecule has 5 nitrogen and oxygen atoms in total. The van der Waals surface area contributed by atoms with Crippen LogP contribution in [-0.4, -0.2) is 31.8 Å². The Kier molecular flexibility index (Phi) is 23.4. The van der Waals surface area contributed by atoms with E-state index in [0.717, 1.165) is 12.8 Å². The zero-order valence-electron chi connectivity index (χ0n) is 21.6. The average molecular weight is 456 g/mol. The first kappa shape index (κ1) is 30.7. The Morgan fingerprint density at radius 2 is 1.12 bits per heavy atom. The van der Waals surface area contributed by atoms with Crippen molar-refractivity contribution in [2.75, 3.05) is 19.8 Å². The lowest BCUT2D eigenvalue weighted by molar-refractivity contribution is -0.143. The summed E-state index contributed by atoms with van der Waals surface area (Å²) in [5, 5.41) is 2.65. The van der Waals surface area contributed by atoms with Crippen molar-refractivity contribution in [3.63, 3.8) is 0 Å². The maximum Gasteiger partial charge on any atom is 0.407 e. The summed E-state index contributed by atoms with van der Waals surface area (Å²) in [5.74, 6) is 0.142. The van der Waals surface area contributed by atoms with Gasteiger partial charge in [0.15, 0.2) is 0 Å². The molecule has 0 fully saturated rings. The minimum Gasteiger partial charge on any atom is -0.466 e. The Balaban J connectivity index is 3.22. The fourth-order valence-electron chi connectivity index (χ4n) is 3.62. The van der Waals surface area contributed by atoms with Crippen LogP contribution in [0.25, 0.3) is 0 Å². The molecule has 0 aromatic heterocycles. The molecule has 0 aromatic carbocycles. The summed E-state index contributed by atoms with van der Waals surface area (Å²) < 4.78 is 10.3. The summed E-state index contributed by atoms with van der Waals surface area (Å²) in [4.78, 5) is 23.1. The van der Waals surface area contributed by atoms with Crippen molar-refractivity contribution in [2.45, 2.75) is 136 Å². The van der Waals surface area contributed by atoms with Gasteiger partial charge in [0.1, 0.15) is 0 Å². The van der Waals surface area contributed by atoms with Crippen LogP contribution in [0.4, 0.5) is 4.79 Å². The topological polar surface area (TPSA) is 64.6 Å². The van der Waals surface area contributed by atoms with Crippen LogP contribution in [0.2, 0.25) is 0 Å². The van der Waals surface area contributed by atoms with E-state index in [0.29, 0.717) is 38.5 Å². The van der Waals surface area contributed by atoms with Gasteiger partial charge in [-0.15, -0.1) is 0 Å². The van der Waals surface area contributed by atoms with Crippen LogP contribution in [0, 0.1) is 5.92 Å². The lowest BCUT2D eigenvalue weighted by Gasteiger charge is -2.08. The first-order valence-corrected chi connectivity index (χ1v) is 13.6. The van der Waals surface area contributed by atoms with Crippen LogP contribution in [0.3, 0.4) is 0 Å². The van der Waals surface area contributed by atoms with E-state index in [1.54, 1.807) is 0 Å². The minimum absolute atomic E-state index is 0.177. The van der Waals surface area contributed by atoms with E-state index in [4.69, 9.17) is 9.47 Å². The first-order chi connectivity index (χ1) is 15.6. The Labute approximate surface area is 198 Å². The van der Waals surface area contributed by atoms with Gasteiger partial charge in [0, 0.05) is 13.0 Å². The Hall–Kier alpha value is -1.26. The monoisotopic (exact) mass is 455 g/mol. The number of carbonyl (C=O) groups excluding carboxylic acids is 2. The van der Waals surface area contributed by atoms with Gasteiger partial charge in [0.25, 0.3) is 0 Å². The highest BCUT2D eigenvalue weighted by Gasteiger charge is 2.05. The number of unbranched alkanes of at least 4 members (excludes halogenated alkanes) is 15. The van der Waals surface area contributed by atoms with Gasteiger partial charge in [-0.1, -0.05) is 117 Å². The van der Waals surface area contributed by atoms with Gasteiger partial charge >= 0.3 is 12.1 Å². The molecule has 0 aromatic rings. The average Bonchev–Trinajstić information content (AvgIpc) is 2.77. The number of amides is 1. The fourth-order valence-corrected chi connectivity index (χ4v) is 3.62. The van der Waals surface area contributed by atoms with Crippen molar-refractivity contribution in [1.82, 2.24) is 5.32 Å². The summed E-state index contributed by atoms with van der Waals surface area (Å²) >= 11 is 0. The molecule has 0 heterocycles. The summed E-state index contributed by atoms with van der Waals surface area (Å²) in [6, 6.07) is 0. The largest absolute Gasteiger partial charge is 0.466 e. The number of hydrogen-bond donors (Lipinski definition) is 1. The molecule has 1 N–H and O–H groups in total. The molecule has 0 radical (unpaired) electrons. The molecular formula is C27H53NO4. The number of esters is 1. The molecule has 0 atom stereocenters. The minimum atomic E-state index is -0.416. The first-order valence-electron chi connectivity index (χ1n) is 13.6. The number of hydrogen-bond acceptors (Lipinski definition) is 4. The molecule has 0 saturated carbocycles. The fraction of sp³-hybridized carbons (Fsp3) is 0.926. The van der Waals surface area contributed by atoms with Gasteiger partial charge in [-0.3, -0.25) is 4.79 Å². The zero-order valence-corrected chi connectivity index (χ0v) is 21.6. The number of nitrogens with one attached hydrogen (secondary N) is 1. The second kappa shape index (κ2) is 24.4. The van der Waals surface area contributed by atoms with Crippen molar-refractivity contribution < 1.29 is 19.1 Å². The molecule has 0 rings (SSSR count). The number of rotatable bonds is 23. The maximum absolute atomic E-state index is 11.7. The van der Waals surface area contributed by atoms with E-state index in [2.05, 4.69) is 12.2 Å². The molecule has 0 unspecified atom stereocenters. The summed E-state index contributed by atoms with van der Waals surface area (Å²) in [6.07, 6.45) is 21.9. The van der Waals surface area contributed by atoms with Crippen LogP contribution in [-0.2, 0) is 14.3 Å². The molecule has 0 aliphatic carbocycles. The number of ether oxygens (including phenoxy) is 2. The summed E-state index contributed by atoms with van der Waals surface area (Å²) in [5.41, 5.74) is 0. The normalized spacial score (nSPS) is 11.0. The smallest absolute Gasteiger partial charge is 0.407 e. The lowest BCUT2D eigenvalue weighted by atomic mass is 10.0. The van der Waals surface area contributed by atoms with Crippen molar-refractivity contribution in [3.8, 4) is 0 Å². The molecule has 1 amide bonds. The third-order valence-corrected chi connectivity index (χ3v) is 5.64. The molecule has 32 heavy (non-hydrogen) atoms. The Bertz CT molecular complexity index is 426. The van der Waals surface area contributed by atoms with Gasteiger partial charge in [-0.25, -0.2) is 4.79 Å². The predicted molar refractivity (Wildman–Crippen MR) is 134 cm³/mol. The quantitative estimate of drug-likeness (QED) is 0.125. The Morgan fingerprint density at radius 1 is 0.656 bits per heavy atom. The highest BCUT2D eigenvalue weighted by atomic mass is 16.5. The van der Waals surface area contributed by atoms with Crippen molar-refractivity contribution in [1.29, 1.82) is 0 Å². The van der Waals surface area contributed by atoms with Crippen molar-refractivity contribution in [2.24, 2.45) is 5.92 Å². The standard InChI is InChI=1S/C27H53NO4/c1-4-5-6-7-8-9-10-11-12-13-14-15-16-17-18-19-23-31-26(29)21-20-22-28-27(30)32-24-25(2)3/h25H,4-24H2,1-3H3,(H,28,30). The molecule has 0 aliphatic rings. The van der Waals surface area contributed by atoms with Crippen molar-refractivity contribution >= 4 is 12.1 Å². The van der Waals surface area contributed by atoms with E-state index < -0.39 is 6.09 Å². The molecular weight excluding hydrogens is 402 g/mol. The van der Waals surface area contributed by atoms with E-state index in [-0.39, 0.29) is 5.97 Å². The second-order valence-corrected chi connectivity index (χ2v) is 9.55. The van der Waals surface area contributed by atoms with E-state index in [1.165, 1.54) is 89.9 Å². The zero-order chi connectivity index (χ0) is 23.7. The molecule has 0 aliphatic heterocycles. The third kappa shape index (κ3) is 25.0. The maximum atomic E-state index is 11.7. The van der Waals surface area contributed by atoms with Gasteiger partial charge in [-0.05, 0) is 18.8 Å². The van der Waals surface area contributed by atoms with Crippen LogP contribution >= 0.6 is 0 Å². The van der Waals surface area contributed by atoms with E-state index >= 15 is 0 Å². The number of alkyl carbamates (subject to hydrolysis) is 1. The van der Waals surface area contributed by atoms with Crippen LogP contribution in [0.5, 0.6) is 0 Å². The summed E-state index contributed by atoms with van der Waals surface area (Å²) in [6.45, 7) is 7.61. The third-order valence-electron chi connectivity index (χ3n) is 5.64. The molecule has 5 heteroatoms. The van der Waals surface area contributed by atoms with Gasteiger partial charge in [-0.2, -0.15) is 0 Å². The second-order valence-electron chi connectivity index (χ2n) is 9.55. The van der Waals surface area contributed by atoms with Crippen LogP contribution < -0.4 is 5.32 Å². The van der Waals surface area contributed by atoms with Crippen molar-refractivity contribution in [3.05, 3.63) is 0 Å². The van der Waals surface area contributed by atoms with Gasteiger partial charge in [0.05, 0.1) is 13.2 Å².